The van der Waals surface area contributed by atoms with Crippen LogP contribution in [0.25, 0.3) is 0 Å². The van der Waals surface area contributed by atoms with Crippen LogP contribution in [-0.2, 0) is 17.9 Å². The Kier molecular flexibility index (Phi) is 3.73. The van der Waals surface area contributed by atoms with Gasteiger partial charge in [0, 0.05) is 11.6 Å². The van der Waals surface area contributed by atoms with Crippen molar-refractivity contribution in [2.24, 2.45) is 0 Å². The Bertz CT molecular complexity index is 548. The fourth-order valence-corrected chi connectivity index (χ4v) is 2.03. The van der Waals surface area contributed by atoms with Crippen LogP contribution in [0.4, 0.5) is 0 Å². The topological polar surface area (TPSA) is 84.2 Å². The second kappa shape index (κ2) is 5.46. The third kappa shape index (κ3) is 2.95. The third-order valence-corrected chi connectivity index (χ3v) is 2.95. The number of nitrogens with one attached hydrogen (secondary N) is 1. The van der Waals surface area contributed by atoms with Gasteiger partial charge in [-0.25, -0.2) is 9.78 Å². The van der Waals surface area contributed by atoms with Crippen LogP contribution in [0.2, 0.25) is 0 Å². The normalized spacial score (nSPS) is 10.2. The van der Waals surface area contributed by atoms with Gasteiger partial charge in [0.25, 0.3) is 0 Å². The van der Waals surface area contributed by atoms with Gasteiger partial charge in [-0.15, -0.1) is 11.3 Å². The minimum atomic E-state index is -1.05. The number of carbonyl (C=O) groups excluding carboxylic acids is 1. The molecular formula is C11H11N3O3S. The molecule has 2 rings (SSSR count). The highest BCUT2D eigenvalue weighted by atomic mass is 32.1. The van der Waals surface area contributed by atoms with Gasteiger partial charge in [0.2, 0.25) is 5.91 Å². The van der Waals surface area contributed by atoms with Crippen molar-refractivity contribution in [2.75, 3.05) is 0 Å². The van der Waals surface area contributed by atoms with E-state index in [0.29, 0.717) is 6.54 Å². The van der Waals surface area contributed by atoms with Crippen molar-refractivity contribution in [1.82, 2.24) is 14.9 Å². The summed E-state index contributed by atoms with van der Waals surface area (Å²) in [5, 5.41) is 13.4. The lowest BCUT2D eigenvalue weighted by Gasteiger charge is -2.06. The van der Waals surface area contributed by atoms with Gasteiger partial charge in [0.05, 0.1) is 17.7 Å². The standard InChI is InChI=1S/C11H11N3O3S/c15-10(12-4-8-6-18-7-13-8)5-14-3-1-2-9(14)11(16)17/h1-3,6-7H,4-5H2,(H,12,15)(H,16,17). The van der Waals surface area contributed by atoms with Crippen molar-refractivity contribution < 1.29 is 14.7 Å². The summed E-state index contributed by atoms with van der Waals surface area (Å²) in [7, 11) is 0. The predicted molar refractivity (Wildman–Crippen MR) is 65.4 cm³/mol. The van der Waals surface area contributed by atoms with Crippen molar-refractivity contribution in [3.8, 4) is 0 Å². The zero-order chi connectivity index (χ0) is 13.0. The molecule has 2 heterocycles. The van der Waals surface area contributed by atoms with Gasteiger partial charge < -0.3 is 15.0 Å². The first kappa shape index (κ1) is 12.3. The van der Waals surface area contributed by atoms with Gasteiger partial charge in [0.1, 0.15) is 12.2 Å². The number of aromatic carboxylic acids is 1. The highest BCUT2D eigenvalue weighted by molar-refractivity contribution is 7.07. The molecule has 0 atom stereocenters. The minimum absolute atomic E-state index is 0.0151. The molecule has 94 valence electrons. The summed E-state index contributed by atoms with van der Waals surface area (Å²) in [4.78, 5) is 26.5. The summed E-state index contributed by atoms with van der Waals surface area (Å²) in [5.41, 5.74) is 2.58. The first-order chi connectivity index (χ1) is 8.66. The summed E-state index contributed by atoms with van der Waals surface area (Å²) in [6.45, 7) is 0.338. The van der Waals surface area contributed by atoms with Crippen molar-refractivity contribution in [2.45, 2.75) is 13.1 Å². The SMILES string of the molecule is O=C(Cn1cccc1C(=O)O)NCc1cscn1. The van der Waals surface area contributed by atoms with Crippen molar-refractivity contribution >= 4 is 23.2 Å². The molecule has 6 nitrogen and oxygen atoms in total. The Morgan fingerprint density at radius 2 is 2.33 bits per heavy atom. The molecule has 0 bridgehead atoms. The predicted octanol–water partition coefficient (Wildman–Crippen LogP) is 0.959. The van der Waals surface area contributed by atoms with Gasteiger partial charge in [-0.1, -0.05) is 0 Å². The van der Waals surface area contributed by atoms with Crippen molar-refractivity contribution in [3.63, 3.8) is 0 Å². The maximum atomic E-state index is 11.6. The Morgan fingerprint density at radius 1 is 1.50 bits per heavy atom. The Balaban J connectivity index is 1.91. The summed E-state index contributed by atoms with van der Waals surface area (Å²) in [5.74, 6) is -1.30. The average molecular weight is 265 g/mol. The first-order valence-electron chi connectivity index (χ1n) is 5.19. The van der Waals surface area contributed by atoms with Crippen LogP contribution in [0, 0.1) is 0 Å². The average Bonchev–Trinajstić information content (AvgIpc) is 2.96. The van der Waals surface area contributed by atoms with Crippen LogP contribution in [0.5, 0.6) is 0 Å². The van der Waals surface area contributed by atoms with E-state index in [-0.39, 0.29) is 18.1 Å². The molecule has 0 spiro atoms. The van der Waals surface area contributed by atoms with E-state index in [9.17, 15) is 9.59 Å². The third-order valence-electron chi connectivity index (χ3n) is 2.31. The molecule has 2 aromatic rings. The number of carbonyl (C=O) groups is 2. The molecule has 0 aromatic carbocycles. The summed E-state index contributed by atoms with van der Waals surface area (Å²) in [6.07, 6.45) is 1.56. The molecule has 1 amide bonds. The molecule has 0 radical (unpaired) electrons. The molecule has 2 N–H and O–H groups in total. The van der Waals surface area contributed by atoms with Gasteiger partial charge in [-0.3, -0.25) is 4.79 Å². The van der Waals surface area contributed by atoms with Gasteiger partial charge in [-0.2, -0.15) is 0 Å². The monoisotopic (exact) mass is 265 g/mol. The largest absolute Gasteiger partial charge is 0.477 e. The second-order valence-corrected chi connectivity index (χ2v) is 4.30. The number of carboxylic acids is 1. The highest BCUT2D eigenvalue weighted by Crippen LogP contribution is 2.03. The van der Waals surface area contributed by atoms with E-state index in [0.717, 1.165) is 5.69 Å². The summed E-state index contributed by atoms with van der Waals surface area (Å²) >= 11 is 1.46. The van der Waals surface area contributed by atoms with E-state index < -0.39 is 5.97 Å². The lowest BCUT2D eigenvalue weighted by molar-refractivity contribution is -0.121. The molecule has 0 aliphatic carbocycles. The van der Waals surface area contributed by atoms with Crippen LogP contribution in [0.3, 0.4) is 0 Å². The zero-order valence-electron chi connectivity index (χ0n) is 9.37. The van der Waals surface area contributed by atoms with E-state index in [1.807, 2.05) is 5.38 Å². The molecule has 0 saturated carbocycles. The molecule has 0 fully saturated rings. The molecule has 0 unspecified atom stereocenters. The van der Waals surface area contributed by atoms with Crippen LogP contribution in [-0.4, -0.2) is 26.5 Å². The number of rotatable bonds is 5. The summed E-state index contributed by atoms with van der Waals surface area (Å²) < 4.78 is 1.39. The maximum absolute atomic E-state index is 11.6. The van der Waals surface area contributed by atoms with E-state index in [4.69, 9.17) is 5.11 Å². The van der Waals surface area contributed by atoms with Crippen LogP contribution in [0.15, 0.2) is 29.2 Å². The van der Waals surface area contributed by atoms with Crippen LogP contribution >= 0.6 is 11.3 Å². The van der Waals surface area contributed by atoms with Crippen LogP contribution < -0.4 is 5.32 Å². The molecule has 0 saturated heterocycles. The fraction of sp³-hybridized carbons (Fsp3) is 0.182. The Labute approximate surface area is 107 Å². The second-order valence-electron chi connectivity index (χ2n) is 3.58. The summed E-state index contributed by atoms with van der Waals surface area (Å²) in [6, 6.07) is 3.05. The van der Waals surface area contributed by atoms with E-state index in [1.165, 1.54) is 22.0 Å². The van der Waals surface area contributed by atoms with Crippen molar-refractivity contribution in [1.29, 1.82) is 0 Å². The zero-order valence-corrected chi connectivity index (χ0v) is 10.2. The molecule has 0 aliphatic rings. The quantitative estimate of drug-likeness (QED) is 0.843. The number of aromatic nitrogens is 2. The maximum Gasteiger partial charge on any atom is 0.352 e. The number of hydrogen-bond donors (Lipinski definition) is 2. The van der Waals surface area contributed by atoms with E-state index in [1.54, 1.807) is 17.8 Å². The highest BCUT2D eigenvalue weighted by Gasteiger charge is 2.11. The fourth-order valence-electron chi connectivity index (χ4n) is 1.47. The Morgan fingerprint density at radius 3 is 3.00 bits per heavy atom. The van der Waals surface area contributed by atoms with Crippen LogP contribution in [0.1, 0.15) is 16.2 Å². The smallest absolute Gasteiger partial charge is 0.352 e. The number of nitrogens with zero attached hydrogens (tertiary/aromatic N) is 2. The lowest BCUT2D eigenvalue weighted by atomic mass is 10.4. The van der Waals surface area contributed by atoms with Gasteiger partial charge >= 0.3 is 5.97 Å². The number of thiazole rings is 1. The lowest BCUT2D eigenvalue weighted by Crippen LogP contribution is -2.28. The molecule has 18 heavy (non-hydrogen) atoms. The Hall–Kier alpha value is -2.15. The first-order valence-corrected chi connectivity index (χ1v) is 6.13. The molecule has 2 aromatic heterocycles. The molecule has 0 aliphatic heterocycles. The van der Waals surface area contributed by atoms with Gasteiger partial charge in [0.15, 0.2) is 0 Å². The molecular weight excluding hydrogens is 254 g/mol. The number of hydrogen-bond acceptors (Lipinski definition) is 4. The minimum Gasteiger partial charge on any atom is -0.477 e. The van der Waals surface area contributed by atoms with E-state index in [2.05, 4.69) is 10.3 Å². The molecule has 7 heteroatoms. The van der Waals surface area contributed by atoms with Crippen molar-refractivity contribution in [3.05, 3.63) is 40.6 Å². The number of carboxylic acid groups (broad SMARTS) is 1. The van der Waals surface area contributed by atoms with E-state index >= 15 is 0 Å². The van der Waals surface area contributed by atoms with Gasteiger partial charge in [-0.05, 0) is 12.1 Å². The number of amides is 1.